The summed E-state index contributed by atoms with van der Waals surface area (Å²) in [5.74, 6) is -7.16. The van der Waals surface area contributed by atoms with E-state index in [2.05, 4.69) is 12.1 Å². The van der Waals surface area contributed by atoms with Crippen molar-refractivity contribution < 1.29 is 94.8 Å². The second kappa shape index (κ2) is 10.2. The SMILES string of the molecule is CNC(=O)C(C(=O)O)(C(=O)O)C(=O)Nc1[c-]cc(C)[c-]c1.[Y].[Y]. The largest absolute Gasteiger partial charge is 0.480 e. The maximum atomic E-state index is 12.0. The van der Waals surface area contributed by atoms with Crippen LogP contribution in [0.3, 0.4) is 0 Å². The summed E-state index contributed by atoms with van der Waals surface area (Å²) in [4.78, 5) is 46.1. The van der Waals surface area contributed by atoms with Crippen LogP contribution in [0.25, 0.3) is 0 Å². The Bertz CT molecular complexity index is 589. The van der Waals surface area contributed by atoms with Gasteiger partial charge in [-0.1, -0.05) is 0 Å². The van der Waals surface area contributed by atoms with Crippen molar-refractivity contribution in [2.45, 2.75) is 6.92 Å². The molecule has 2 amide bonds. The van der Waals surface area contributed by atoms with Crippen molar-refractivity contribution in [2.24, 2.45) is 5.41 Å². The number of carboxylic acid groups (broad SMARTS) is 2. The summed E-state index contributed by atoms with van der Waals surface area (Å²) < 4.78 is 0. The Balaban J connectivity index is 0. The first kappa shape index (κ1) is 24.6. The number of aliphatic carboxylic acids is 2. The zero-order chi connectivity index (χ0) is 16.2. The van der Waals surface area contributed by atoms with E-state index in [0.717, 1.165) is 7.05 Å². The van der Waals surface area contributed by atoms with Crippen molar-refractivity contribution in [3.63, 3.8) is 0 Å². The smallest absolute Gasteiger partial charge is 0.340 e. The molecule has 0 aliphatic carbocycles. The standard InChI is InChI=1S/C13H12N2O6.2Y/c1-7-3-5-8(6-4-7)15-10(17)13(11(18)19,12(20)21)9(16)14-2;;/h3,6H,1-2H3,(H,14,16)(H,15,17)(H,18,19)(H,20,21);;/q-2;;. The molecule has 0 heterocycles. The minimum absolute atomic E-state index is 0. The van der Waals surface area contributed by atoms with Crippen LogP contribution in [0.4, 0.5) is 5.69 Å². The van der Waals surface area contributed by atoms with Crippen molar-refractivity contribution in [3.05, 3.63) is 29.8 Å². The molecule has 1 aromatic carbocycles. The molecule has 118 valence electrons. The second-order valence-electron chi connectivity index (χ2n) is 4.07. The van der Waals surface area contributed by atoms with E-state index in [1.54, 1.807) is 6.92 Å². The van der Waals surface area contributed by atoms with E-state index < -0.39 is 29.2 Å². The van der Waals surface area contributed by atoms with E-state index in [4.69, 9.17) is 10.2 Å². The molecule has 4 N–H and O–H groups in total. The van der Waals surface area contributed by atoms with Gasteiger partial charge >= 0.3 is 17.4 Å². The van der Waals surface area contributed by atoms with Crippen LogP contribution in [-0.4, -0.2) is 41.0 Å². The summed E-state index contributed by atoms with van der Waals surface area (Å²) in [6.45, 7) is 1.71. The monoisotopic (exact) mass is 470 g/mol. The van der Waals surface area contributed by atoms with Crippen LogP contribution in [0.5, 0.6) is 0 Å². The summed E-state index contributed by atoms with van der Waals surface area (Å²) in [5, 5.41) is 22.0. The molecule has 2 radical (unpaired) electrons. The number of benzene rings is 1. The van der Waals surface area contributed by atoms with Crippen LogP contribution in [0.2, 0.25) is 0 Å². The van der Waals surface area contributed by atoms with Crippen LogP contribution in [-0.2, 0) is 84.6 Å². The van der Waals surface area contributed by atoms with E-state index in [1.807, 2.05) is 10.6 Å². The normalized spacial score (nSPS) is 9.65. The molecule has 1 rings (SSSR count). The molecule has 0 atom stereocenters. The molecule has 10 heteroatoms. The third-order valence-corrected chi connectivity index (χ3v) is 2.69. The molecule has 0 unspecified atom stereocenters. The average Bonchev–Trinajstić information content (AvgIpc) is 2.41. The minimum Gasteiger partial charge on any atom is -0.480 e. The molecular weight excluding hydrogens is 458 g/mol. The molecule has 0 bridgehead atoms. The summed E-state index contributed by atoms with van der Waals surface area (Å²) in [7, 11) is 1.03. The van der Waals surface area contributed by atoms with E-state index in [-0.39, 0.29) is 71.1 Å². The molecule has 8 nitrogen and oxygen atoms in total. The van der Waals surface area contributed by atoms with Gasteiger partial charge in [-0.25, -0.2) is 9.59 Å². The molecule has 0 saturated heterocycles. The fourth-order valence-electron chi connectivity index (χ4n) is 1.51. The van der Waals surface area contributed by atoms with E-state index in [1.165, 1.54) is 12.1 Å². The van der Waals surface area contributed by atoms with Gasteiger partial charge in [-0.15, -0.1) is 6.92 Å². The number of hydrogen-bond acceptors (Lipinski definition) is 4. The van der Waals surface area contributed by atoms with Crippen LogP contribution in [0.1, 0.15) is 5.56 Å². The van der Waals surface area contributed by atoms with Gasteiger partial charge in [-0.2, -0.15) is 5.69 Å². The van der Waals surface area contributed by atoms with E-state index >= 15 is 0 Å². The molecule has 0 aliphatic rings. The number of aryl methyl sites for hydroxylation is 1. The Kier molecular flexibility index (Phi) is 10.9. The third kappa shape index (κ3) is 5.14. The van der Waals surface area contributed by atoms with Gasteiger partial charge in [0.1, 0.15) is 0 Å². The summed E-state index contributed by atoms with van der Waals surface area (Å²) >= 11 is 0. The number of carbonyl (C=O) groups is 4. The molecule has 0 fully saturated rings. The Hall–Kier alpha value is -0.692. The van der Waals surface area contributed by atoms with Crippen LogP contribution in [0.15, 0.2) is 12.1 Å². The molecule has 0 saturated carbocycles. The molecule has 23 heavy (non-hydrogen) atoms. The Morgan fingerprint density at radius 2 is 1.52 bits per heavy atom. The van der Waals surface area contributed by atoms with Crippen molar-refractivity contribution in [3.8, 4) is 0 Å². The first-order valence-electron chi connectivity index (χ1n) is 5.67. The molecule has 0 aliphatic heterocycles. The fraction of sp³-hybridized carbons (Fsp3) is 0.231. The second-order valence-corrected chi connectivity index (χ2v) is 4.07. The van der Waals surface area contributed by atoms with Gasteiger partial charge in [0.15, 0.2) is 0 Å². The third-order valence-electron chi connectivity index (χ3n) is 2.69. The Morgan fingerprint density at radius 1 is 1.00 bits per heavy atom. The van der Waals surface area contributed by atoms with Gasteiger partial charge in [-0.3, -0.25) is 33.4 Å². The molecular formula is C13H12N2O6Y2-2. The van der Waals surface area contributed by atoms with Gasteiger partial charge in [0.2, 0.25) is 0 Å². The molecule has 0 aromatic heterocycles. The average molecular weight is 470 g/mol. The van der Waals surface area contributed by atoms with Gasteiger partial charge in [-0.05, 0) is 0 Å². The maximum absolute atomic E-state index is 12.0. The fourth-order valence-corrected chi connectivity index (χ4v) is 1.51. The predicted octanol–water partition coefficient (Wildman–Crippen LogP) is -0.569. The molecule has 1 aromatic rings. The van der Waals surface area contributed by atoms with Crippen molar-refractivity contribution in [1.82, 2.24) is 5.32 Å². The number of amides is 2. The number of hydrogen-bond donors (Lipinski definition) is 4. The maximum Gasteiger partial charge on any atom is 0.340 e. The van der Waals surface area contributed by atoms with Crippen LogP contribution >= 0.6 is 0 Å². The number of carbonyl (C=O) groups excluding carboxylic acids is 2. The first-order chi connectivity index (χ1) is 9.76. The quantitative estimate of drug-likeness (QED) is 0.337. The van der Waals surface area contributed by atoms with Gasteiger partial charge in [0.05, 0.1) is 0 Å². The Labute approximate surface area is 182 Å². The van der Waals surface area contributed by atoms with Gasteiger partial charge in [0, 0.05) is 72.5 Å². The number of carboxylic acids is 2. The Morgan fingerprint density at radius 3 is 1.87 bits per heavy atom. The summed E-state index contributed by atoms with van der Waals surface area (Å²) in [6, 6.07) is 8.05. The van der Waals surface area contributed by atoms with Gasteiger partial charge < -0.3 is 26.9 Å². The summed E-state index contributed by atoms with van der Waals surface area (Å²) in [6.07, 6.45) is 0. The van der Waals surface area contributed by atoms with Crippen LogP contribution in [0, 0.1) is 24.5 Å². The van der Waals surface area contributed by atoms with Crippen molar-refractivity contribution in [2.75, 3.05) is 12.4 Å². The van der Waals surface area contributed by atoms with Gasteiger partial charge in [0.25, 0.3) is 11.8 Å². The van der Waals surface area contributed by atoms with Crippen molar-refractivity contribution in [1.29, 1.82) is 0 Å². The summed E-state index contributed by atoms with van der Waals surface area (Å²) in [5.41, 5.74) is -2.57. The minimum atomic E-state index is -3.28. The zero-order valence-electron chi connectivity index (χ0n) is 12.3. The molecule has 0 spiro atoms. The van der Waals surface area contributed by atoms with E-state index in [9.17, 15) is 19.2 Å². The topological polar surface area (TPSA) is 133 Å². The number of anilines is 1. The van der Waals surface area contributed by atoms with Crippen LogP contribution < -0.4 is 10.6 Å². The number of nitrogens with one attached hydrogen (secondary N) is 2. The first-order valence-corrected chi connectivity index (χ1v) is 5.67. The van der Waals surface area contributed by atoms with E-state index in [0.29, 0.717) is 5.56 Å². The predicted molar refractivity (Wildman–Crippen MR) is 69.3 cm³/mol. The van der Waals surface area contributed by atoms with Crippen molar-refractivity contribution >= 4 is 29.4 Å². The zero-order valence-corrected chi connectivity index (χ0v) is 18.0. The number of rotatable bonds is 5.